The van der Waals surface area contributed by atoms with Crippen LogP contribution in [0, 0.1) is 0 Å². The molecule has 13 heavy (non-hydrogen) atoms. The molecule has 1 atom stereocenters. The number of hydrogen-bond donors (Lipinski definition) is 1. The summed E-state index contributed by atoms with van der Waals surface area (Å²) in [6.45, 7) is 3.87. The number of aliphatic hydroxyl groups is 1. The number of ether oxygens (including phenoxy) is 1. The SMILES string of the molecule is CCO[C@@H]1CCn2ccc(CO)c21. The van der Waals surface area contributed by atoms with E-state index in [1.54, 1.807) is 0 Å². The summed E-state index contributed by atoms with van der Waals surface area (Å²) in [4.78, 5) is 0. The van der Waals surface area contributed by atoms with Crippen molar-refractivity contribution in [2.24, 2.45) is 0 Å². The molecule has 0 radical (unpaired) electrons. The largest absolute Gasteiger partial charge is 0.392 e. The van der Waals surface area contributed by atoms with Gasteiger partial charge in [0.25, 0.3) is 0 Å². The van der Waals surface area contributed by atoms with E-state index in [1.807, 2.05) is 19.2 Å². The standard InChI is InChI=1S/C10H15NO2/c1-2-13-9-4-6-11-5-3-8(7-12)10(9)11/h3,5,9,12H,2,4,6-7H2,1H3/t9-/m1/s1. The van der Waals surface area contributed by atoms with Gasteiger partial charge in [0, 0.05) is 24.9 Å². The number of aliphatic hydroxyl groups excluding tert-OH is 1. The lowest BCUT2D eigenvalue weighted by Gasteiger charge is -2.10. The Balaban J connectivity index is 2.27. The summed E-state index contributed by atoms with van der Waals surface area (Å²) in [6, 6.07) is 1.97. The maximum Gasteiger partial charge on any atom is 0.0995 e. The predicted molar refractivity (Wildman–Crippen MR) is 49.3 cm³/mol. The Bertz CT molecular complexity index is 293. The summed E-state index contributed by atoms with van der Waals surface area (Å²) in [7, 11) is 0. The third-order valence-electron chi connectivity index (χ3n) is 2.57. The van der Waals surface area contributed by atoms with Crippen molar-refractivity contribution >= 4 is 0 Å². The monoisotopic (exact) mass is 181 g/mol. The van der Waals surface area contributed by atoms with Crippen LogP contribution < -0.4 is 0 Å². The lowest BCUT2D eigenvalue weighted by atomic mass is 10.1. The molecular weight excluding hydrogens is 166 g/mol. The normalized spacial score (nSPS) is 20.6. The van der Waals surface area contributed by atoms with E-state index >= 15 is 0 Å². The van der Waals surface area contributed by atoms with Crippen molar-refractivity contribution in [1.29, 1.82) is 0 Å². The molecule has 2 rings (SSSR count). The van der Waals surface area contributed by atoms with Crippen molar-refractivity contribution in [2.75, 3.05) is 6.61 Å². The van der Waals surface area contributed by atoms with Crippen LogP contribution in [0.5, 0.6) is 0 Å². The number of aromatic nitrogens is 1. The molecule has 1 aromatic heterocycles. The van der Waals surface area contributed by atoms with E-state index in [2.05, 4.69) is 4.57 Å². The molecule has 3 heteroatoms. The first-order chi connectivity index (χ1) is 6.36. The first-order valence-corrected chi connectivity index (χ1v) is 4.77. The number of hydrogen-bond acceptors (Lipinski definition) is 2. The Labute approximate surface area is 77.9 Å². The zero-order valence-corrected chi connectivity index (χ0v) is 7.86. The van der Waals surface area contributed by atoms with Crippen molar-refractivity contribution in [2.45, 2.75) is 32.6 Å². The van der Waals surface area contributed by atoms with Crippen LogP contribution in [0.4, 0.5) is 0 Å². The minimum Gasteiger partial charge on any atom is -0.392 e. The molecule has 0 bridgehead atoms. The molecule has 2 heterocycles. The van der Waals surface area contributed by atoms with Gasteiger partial charge in [0.15, 0.2) is 0 Å². The van der Waals surface area contributed by atoms with E-state index in [0.717, 1.165) is 25.1 Å². The van der Waals surface area contributed by atoms with Crippen LogP contribution in [0.25, 0.3) is 0 Å². The van der Waals surface area contributed by atoms with E-state index in [1.165, 1.54) is 5.69 Å². The highest BCUT2D eigenvalue weighted by Gasteiger charge is 2.25. The van der Waals surface area contributed by atoms with E-state index in [9.17, 15) is 0 Å². The molecule has 0 fully saturated rings. The highest BCUT2D eigenvalue weighted by Crippen LogP contribution is 2.32. The van der Waals surface area contributed by atoms with E-state index in [-0.39, 0.29) is 12.7 Å². The van der Waals surface area contributed by atoms with Crippen molar-refractivity contribution in [3.8, 4) is 0 Å². The molecule has 1 aliphatic heterocycles. The zero-order valence-electron chi connectivity index (χ0n) is 7.86. The molecule has 0 saturated carbocycles. The minimum atomic E-state index is 0.117. The summed E-state index contributed by atoms with van der Waals surface area (Å²) in [5.74, 6) is 0. The third-order valence-corrected chi connectivity index (χ3v) is 2.57. The third kappa shape index (κ3) is 1.38. The minimum absolute atomic E-state index is 0.117. The van der Waals surface area contributed by atoms with Crippen LogP contribution >= 0.6 is 0 Å². The fourth-order valence-corrected chi connectivity index (χ4v) is 2.01. The molecule has 1 aromatic rings. The average molecular weight is 181 g/mol. The summed E-state index contributed by atoms with van der Waals surface area (Å²) in [6.07, 6.45) is 3.26. The van der Waals surface area contributed by atoms with E-state index in [0.29, 0.717) is 0 Å². The zero-order chi connectivity index (χ0) is 9.26. The van der Waals surface area contributed by atoms with E-state index < -0.39 is 0 Å². The van der Waals surface area contributed by atoms with Gasteiger partial charge in [0.05, 0.1) is 18.4 Å². The molecule has 0 amide bonds. The van der Waals surface area contributed by atoms with Crippen LogP contribution in [-0.4, -0.2) is 16.3 Å². The highest BCUT2D eigenvalue weighted by atomic mass is 16.5. The summed E-state index contributed by atoms with van der Waals surface area (Å²) >= 11 is 0. The van der Waals surface area contributed by atoms with Crippen molar-refractivity contribution in [3.05, 3.63) is 23.5 Å². The van der Waals surface area contributed by atoms with Gasteiger partial charge in [-0.15, -0.1) is 0 Å². The van der Waals surface area contributed by atoms with Gasteiger partial charge in [-0.05, 0) is 19.4 Å². The van der Waals surface area contributed by atoms with Gasteiger partial charge >= 0.3 is 0 Å². The lowest BCUT2D eigenvalue weighted by molar-refractivity contribution is 0.0625. The molecule has 72 valence electrons. The molecule has 0 aromatic carbocycles. The predicted octanol–water partition coefficient (Wildman–Crippen LogP) is 1.46. The molecule has 3 nitrogen and oxygen atoms in total. The van der Waals surface area contributed by atoms with Crippen molar-refractivity contribution in [1.82, 2.24) is 4.57 Å². The first-order valence-electron chi connectivity index (χ1n) is 4.77. The Morgan fingerprint density at radius 2 is 2.54 bits per heavy atom. The number of fused-ring (bicyclic) bond motifs is 1. The molecule has 0 spiro atoms. The Morgan fingerprint density at radius 3 is 3.23 bits per heavy atom. The second-order valence-electron chi connectivity index (χ2n) is 3.31. The highest BCUT2D eigenvalue weighted by molar-refractivity contribution is 5.26. The molecule has 0 aliphatic carbocycles. The molecule has 1 N–H and O–H groups in total. The second-order valence-corrected chi connectivity index (χ2v) is 3.31. The van der Waals surface area contributed by atoms with Crippen LogP contribution in [0.3, 0.4) is 0 Å². The molecule has 0 unspecified atom stereocenters. The Hall–Kier alpha value is -0.800. The number of nitrogens with zero attached hydrogens (tertiary/aromatic N) is 1. The Morgan fingerprint density at radius 1 is 1.69 bits per heavy atom. The Kier molecular flexibility index (Phi) is 2.38. The van der Waals surface area contributed by atoms with Gasteiger partial charge in [-0.25, -0.2) is 0 Å². The van der Waals surface area contributed by atoms with Gasteiger partial charge in [0.2, 0.25) is 0 Å². The van der Waals surface area contributed by atoms with Crippen LogP contribution in [0.1, 0.15) is 30.7 Å². The number of rotatable bonds is 3. The average Bonchev–Trinajstić information content (AvgIpc) is 2.68. The summed E-state index contributed by atoms with van der Waals surface area (Å²) < 4.78 is 7.77. The fourth-order valence-electron chi connectivity index (χ4n) is 2.01. The lowest BCUT2D eigenvalue weighted by Crippen LogP contribution is -2.02. The molecule has 1 aliphatic rings. The van der Waals surface area contributed by atoms with Crippen molar-refractivity contribution in [3.63, 3.8) is 0 Å². The van der Waals surface area contributed by atoms with Gasteiger partial charge in [-0.1, -0.05) is 0 Å². The first kappa shape index (κ1) is 8.78. The molecule has 0 saturated heterocycles. The van der Waals surface area contributed by atoms with Crippen molar-refractivity contribution < 1.29 is 9.84 Å². The van der Waals surface area contributed by atoms with Crippen LogP contribution in [0.15, 0.2) is 12.3 Å². The quantitative estimate of drug-likeness (QED) is 0.766. The summed E-state index contributed by atoms with van der Waals surface area (Å²) in [5.41, 5.74) is 2.18. The topological polar surface area (TPSA) is 34.4 Å². The molecular formula is C10H15NO2. The number of aryl methyl sites for hydroxylation is 1. The smallest absolute Gasteiger partial charge is 0.0995 e. The van der Waals surface area contributed by atoms with Crippen LogP contribution in [-0.2, 0) is 17.9 Å². The van der Waals surface area contributed by atoms with E-state index in [4.69, 9.17) is 9.84 Å². The van der Waals surface area contributed by atoms with Gasteiger partial charge in [-0.3, -0.25) is 0 Å². The second kappa shape index (κ2) is 3.52. The van der Waals surface area contributed by atoms with Gasteiger partial charge in [0.1, 0.15) is 0 Å². The fraction of sp³-hybridized carbons (Fsp3) is 0.600. The van der Waals surface area contributed by atoms with Crippen LogP contribution in [0.2, 0.25) is 0 Å². The maximum atomic E-state index is 9.11. The van der Waals surface area contributed by atoms with Gasteiger partial charge in [-0.2, -0.15) is 0 Å². The van der Waals surface area contributed by atoms with Gasteiger partial charge < -0.3 is 14.4 Å². The maximum absolute atomic E-state index is 9.11. The summed E-state index contributed by atoms with van der Waals surface area (Å²) in [5, 5.41) is 9.11.